The average molecular weight is 262 g/mol. The topological polar surface area (TPSA) is 55.1 Å². The van der Waals surface area contributed by atoms with E-state index in [0.717, 1.165) is 31.2 Å². The molecule has 0 aromatic heterocycles. The molecule has 1 aromatic carbocycles. The van der Waals surface area contributed by atoms with Gasteiger partial charge in [-0.1, -0.05) is 42.8 Å². The van der Waals surface area contributed by atoms with Crippen LogP contribution in [0, 0.1) is 6.92 Å². The van der Waals surface area contributed by atoms with Gasteiger partial charge in [-0.3, -0.25) is 4.79 Å². The first kappa shape index (κ1) is 13.0. The van der Waals surface area contributed by atoms with Crippen molar-refractivity contribution in [1.29, 1.82) is 0 Å². The van der Waals surface area contributed by atoms with Crippen molar-refractivity contribution >= 4 is 23.1 Å². The van der Waals surface area contributed by atoms with Crippen molar-refractivity contribution in [2.75, 3.05) is 0 Å². The van der Waals surface area contributed by atoms with Crippen LogP contribution in [0.2, 0.25) is 0 Å². The summed E-state index contributed by atoms with van der Waals surface area (Å²) in [5.41, 5.74) is 7.06. The van der Waals surface area contributed by atoms with Crippen LogP contribution in [0.1, 0.15) is 41.6 Å². The van der Waals surface area contributed by atoms with Crippen LogP contribution in [0.25, 0.3) is 0 Å². The predicted molar refractivity (Wildman–Crippen MR) is 76.6 cm³/mol. The Kier molecular flexibility index (Phi) is 3.66. The second kappa shape index (κ2) is 5.06. The van der Waals surface area contributed by atoms with Crippen molar-refractivity contribution in [3.8, 4) is 0 Å². The van der Waals surface area contributed by atoms with Gasteiger partial charge in [0.25, 0.3) is 5.91 Å². The maximum atomic E-state index is 12.2. The van der Waals surface area contributed by atoms with E-state index in [1.165, 1.54) is 0 Å². The Hall–Kier alpha value is -1.42. The second-order valence-electron chi connectivity index (χ2n) is 4.98. The van der Waals surface area contributed by atoms with Gasteiger partial charge in [0.15, 0.2) is 0 Å². The normalized spacial score (nSPS) is 17.4. The lowest BCUT2D eigenvalue weighted by Crippen LogP contribution is -2.54. The summed E-state index contributed by atoms with van der Waals surface area (Å²) in [6.45, 7) is 1.97. The van der Waals surface area contributed by atoms with Crippen LogP contribution >= 0.6 is 12.2 Å². The Morgan fingerprint density at radius 3 is 2.61 bits per heavy atom. The minimum atomic E-state index is -0.476. The number of aryl methyl sites for hydroxylation is 1. The van der Waals surface area contributed by atoms with Gasteiger partial charge in [0, 0.05) is 5.56 Å². The predicted octanol–water partition coefficient (Wildman–Crippen LogP) is 2.32. The van der Waals surface area contributed by atoms with E-state index in [4.69, 9.17) is 18.0 Å². The maximum absolute atomic E-state index is 12.2. The SMILES string of the molecule is Cc1cccc(C(=O)NC2(C(N)=S)CCCC2)c1. The molecule has 0 heterocycles. The number of hydrogen-bond acceptors (Lipinski definition) is 2. The number of nitrogens with one attached hydrogen (secondary N) is 1. The molecule has 0 spiro atoms. The number of nitrogens with two attached hydrogens (primary N) is 1. The molecule has 0 bridgehead atoms. The molecule has 96 valence electrons. The largest absolute Gasteiger partial charge is 0.391 e. The zero-order chi connectivity index (χ0) is 13.2. The molecule has 1 amide bonds. The van der Waals surface area contributed by atoms with E-state index in [2.05, 4.69) is 5.32 Å². The molecule has 3 nitrogen and oxygen atoms in total. The third-order valence-corrected chi connectivity index (χ3v) is 3.95. The molecule has 1 aliphatic carbocycles. The fourth-order valence-corrected chi connectivity index (χ4v) is 2.74. The molecular weight excluding hydrogens is 244 g/mol. The molecule has 0 aliphatic heterocycles. The molecule has 1 aliphatic rings. The number of hydrogen-bond donors (Lipinski definition) is 2. The fourth-order valence-electron chi connectivity index (χ4n) is 2.49. The van der Waals surface area contributed by atoms with Crippen LogP contribution in [0.3, 0.4) is 0 Å². The molecule has 0 unspecified atom stereocenters. The molecule has 0 radical (unpaired) electrons. The third kappa shape index (κ3) is 2.53. The maximum Gasteiger partial charge on any atom is 0.252 e. The van der Waals surface area contributed by atoms with Crippen molar-refractivity contribution in [1.82, 2.24) is 5.32 Å². The highest BCUT2D eigenvalue weighted by Crippen LogP contribution is 2.30. The van der Waals surface area contributed by atoms with Gasteiger partial charge >= 0.3 is 0 Å². The second-order valence-corrected chi connectivity index (χ2v) is 5.42. The van der Waals surface area contributed by atoms with Crippen molar-refractivity contribution in [3.05, 3.63) is 35.4 Å². The molecule has 3 N–H and O–H groups in total. The summed E-state index contributed by atoms with van der Waals surface area (Å²) in [6.07, 6.45) is 3.82. The number of rotatable bonds is 3. The van der Waals surface area contributed by atoms with Gasteiger partial charge in [-0.15, -0.1) is 0 Å². The first-order valence-electron chi connectivity index (χ1n) is 6.23. The van der Waals surface area contributed by atoms with Gasteiger partial charge in [0.05, 0.1) is 10.5 Å². The van der Waals surface area contributed by atoms with Gasteiger partial charge in [-0.2, -0.15) is 0 Å². The zero-order valence-electron chi connectivity index (χ0n) is 10.5. The molecule has 1 fully saturated rings. The quantitative estimate of drug-likeness (QED) is 0.822. The highest BCUT2D eigenvalue weighted by molar-refractivity contribution is 7.80. The minimum Gasteiger partial charge on any atom is -0.391 e. The first-order valence-corrected chi connectivity index (χ1v) is 6.63. The van der Waals surface area contributed by atoms with E-state index in [9.17, 15) is 4.79 Å². The van der Waals surface area contributed by atoms with E-state index >= 15 is 0 Å². The van der Waals surface area contributed by atoms with Gasteiger partial charge in [0.2, 0.25) is 0 Å². The Bertz CT molecular complexity index is 478. The highest BCUT2D eigenvalue weighted by atomic mass is 32.1. The van der Waals surface area contributed by atoms with Crippen molar-refractivity contribution in [2.24, 2.45) is 5.73 Å². The molecule has 0 atom stereocenters. The van der Waals surface area contributed by atoms with E-state index in [0.29, 0.717) is 10.6 Å². The van der Waals surface area contributed by atoms with Crippen LogP contribution in [-0.4, -0.2) is 16.4 Å². The summed E-state index contributed by atoms with van der Waals surface area (Å²) in [7, 11) is 0. The molecule has 18 heavy (non-hydrogen) atoms. The smallest absolute Gasteiger partial charge is 0.252 e. The summed E-state index contributed by atoms with van der Waals surface area (Å²) in [4.78, 5) is 12.6. The average Bonchev–Trinajstić information content (AvgIpc) is 2.79. The number of carbonyl (C=O) groups excluding carboxylic acids is 1. The highest BCUT2D eigenvalue weighted by Gasteiger charge is 2.38. The lowest BCUT2D eigenvalue weighted by Gasteiger charge is -2.29. The Morgan fingerprint density at radius 2 is 2.06 bits per heavy atom. The van der Waals surface area contributed by atoms with Crippen LogP contribution in [0.15, 0.2) is 24.3 Å². The Morgan fingerprint density at radius 1 is 1.39 bits per heavy atom. The number of amides is 1. The minimum absolute atomic E-state index is 0.0894. The number of benzene rings is 1. The van der Waals surface area contributed by atoms with Crippen LogP contribution < -0.4 is 11.1 Å². The first-order chi connectivity index (χ1) is 8.53. The van der Waals surface area contributed by atoms with Crippen molar-refractivity contribution in [2.45, 2.75) is 38.1 Å². The molecule has 1 aromatic rings. The van der Waals surface area contributed by atoms with Gasteiger partial charge in [-0.05, 0) is 31.9 Å². The zero-order valence-corrected chi connectivity index (χ0v) is 11.3. The monoisotopic (exact) mass is 262 g/mol. The Balaban J connectivity index is 2.18. The number of carbonyl (C=O) groups is 1. The van der Waals surface area contributed by atoms with Crippen molar-refractivity contribution in [3.63, 3.8) is 0 Å². The van der Waals surface area contributed by atoms with E-state index < -0.39 is 5.54 Å². The lowest BCUT2D eigenvalue weighted by atomic mass is 9.96. The standard InChI is InChI=1S/C14H18N2OS/c1-10-5-4-6-11(9-10)12(17)16-14(13(15)18)7-2-3-8-14/h4-6,9H,2-3,7-8H2,1H3,(H2,15,18)(H,16,17). The molecule has 1 saturated carbocycles. The van der Waals surface area contributed by atoms with E-state index in [1.54, 1.807) is 0 Å². The summed E-state index contributed by atoms with van der Waals surface area (Å²) in [5.74, 6) is -0.0894. The third-order valence-electron chi connectivity index (χ3n) is 3.56. The molecule has 0 saturated heterocycles. The number of thiocarbonyl (C=S) groups is 1. The molecule has 2 rings (SSSR count). The summed E-state index contributed by atoms with van der Waals surface area (Å²) in [5, 5.41) is 3.03. The van der Waals surface area contributed by atoms with Gasteiger partial charge in [-0.25, -0.2) is 0 Å². The van der Waals surface area contributed by atoms with E-state index in [1.807, 2.05) is 31.2 Å². The summed E-state index contributed by atoms with van der Waals surface area (Å²) >= 11 is 5.12. The van der Waals surface area contributed by atoms with Gasteiger partial charge < -0.3 is 11.1 Å². The molecule has 4 heteroatoms. The fraction of sp³-hybridized carbons (Fsp3) is 0.429. The van der Waals surface area contributed by atoms with Gasteiger partial charge in [0.1, 0.15) is 0 Å². The van der Waals surface area contributed by atoms with E-state index in [-0.39, 0.29) is 5.91 Å². The van der Waals surface area contributed by atoms with Crippen LogP contribution in [0.5, 0.6) is 0 Å². The Labute approximate surface area is 113 Å². The summed E-state index contributed by atoms with van der Waals surface area (Å²) in [6, 6.07) is 7.53. The van der Waals surface area contributed by atoms with Crippen LogP contribution in [-0.2, 0) is 0 Å². The summed E-state index contributed by atoms with van der Waals surface area (Å²) < 4.78 is 0. The molecular formula is C14H18N2OS. The lowest BCUT2D eigenvalue weighted by molar-refractivity contribution is 0.0924. The van der Waals surface area contributed by atoms with Crippen LogP contribution in [0.4, 0.5) is 0 Å². The van der Waals surface area contributed by atoms with Crippen molar-refractivity contribution < 1.29 is 4.79 Å².